The summed E-state index contributed by atoms with van der Waals surface area (Å²) in [5, 5.41) is 2.56. The van der Waals surface area contributed by atoms with Crippen LogP contribution in [0.3, 0.4) is 0 Å². The van der Waals surface area contributed by atoms with E-state index in [2.05, 4.69) is 5.32 Å². The molecule has 3 rings (SSSR count). The third kappa shape index (κ3) is 4.17. The number of benzene rings is 2. The number of hydrogen-bond donors (Lipinski definition) is 2. The lowest BCUT2D eigenvalue weighted by molar-refractivity contribution is -0.137. The number of carbonyl (C=O) groups is 2. The lowest BCUT2D eigenvalue weighted by Crippen LogP contribution is -2.12. The van der Waals surface area contributed by atoms with Crippen molar-refractivity contribution in [3.8, 4) is 11.3 Å². The highest BCUT2D eigenvalue weighted by Crippen LogP contribution is 2.32. The fraction of sp³-hybridized carbons (Fsp3) is 0.0526. The summed E-state index contributed by atoms with van der Waals surface area (Å²) in [5.74, 6) is -1.11. The number of amides is 2. The maximum Gasteiger partial charge on any atom is 0.416 e. The molecule has 0 spiro atoms. The van der Waals surface area contributed by atoms with Crippen LogP contribution < -0.4 is 11.1 Å². The van der Waals surface area contributed by atoms with E-state index in [4.69, 9.17) is 10.2 Å². The van der Waals surface area contributed by atoms with Crippen LogP contribution >= 0.6 is 0 Å². The average molecular weight is 374 g/mol. The number of rotatable bonds is 4. The van der Waals surface area contributed by atoms with Crippen molar-refractivity contribution in [3.05, 3.63) is 77.6 Å². The molecule has 5 nitrogen and oxygen atoms in total. The van der Waals surface area contributed by atoms with Crippen LogP contribution in [0.15, 0.2) is 65.1 Å². The molecule has 1 heterocycles. The first kappa shape index (κ1) is 18.2. The third-order valence-corrected chi connectivity index (χ3v) is 3.73. The van der Waals surface area contributed by atoms with Crippen LogP contribution in [0.1, 0.15) is 26.5 Å². The minimum atomic E-state index is -4.47. The smallest absolute Gasteiger partial charge is 0.416 e. The molecule has 0 unspecified atom stereocenters. The van der Waals surface area contributed by atoms with Gasteiger partial charge in [0.15, 0.2) is 5.76 Å². The van der Waals surface area contributed by atoms with Gasteiger partial charge in [0.2, 0.25) is 5.91 Å². The molecular formula is C19H13F3N2O3. The standard InChI is InChI=1S/C19H13F3N2O3/c20-19(21,22)13-3-1-2-12(10-13)15-8-9-16(27-15)18(26)24-14-6-4-11(5-7-14)17(23)25/h1-10H,(H2,23,25)(H,24,26). The van der Waals surface area contributed by atoms with Gasteiger partial charge in [-0.3, -0.25) is 9.59 Å². The molecule has 2 aromatic carbocycles. The second-order valence-corrected chi connectivity index (χ2v) is 5.64. The van der Waals surface area contributed by atoms with E-state index >= 15 is 0 Å². The molecule has 0 bridgehead atoms. The van der Waals surface area contributed by atoms with Crippen LogP contribution in [0, 0.1) is 0 Å². The highest BCUT2D eigenvalue weighted by atomic mass is 19.4. The number of alkyl halides is 3. The molecule has 8 heteroatoms. The van der Waals surface area contributed by atoms with E-state index in [-0.39, 0.29) is 22.6 Å². The topological polar surface area (TPSA) is 85.3 Å². The van der Waals surface area contributed by atoms with Gasteiger partial charge in [0, 0.05) is 16.8 Å². The van der Waals surface area contributed by atoms with Gasteiger partial charge in [0.05, 0.1) is 5.56 Å². The zero-order valence-electron chi connectivity index (χ0n) is 13.7. The first-order chi connectivity index (χ1) is 12.7. The number of carbonyl (C=O) groups excluding carboxylic acids is 2. The summed E-state index contributed by atoms with van der Waals surface area (Å²) in [6.45, 7) is 0. The maximum atomic E-state index is 12.8. The SMILES string of the molecule is NC(=O)c1ccc(NC(=O)c2ccc(-c3cccc(C(F)(F)F)c3)o2)cc1. The van der Waals surface area contributed by atoms with Crippen LogP contribution in [-0.4, -0.2) is 11.8 Å². The molecule has 2 amide bonds. The number of halogens is 3. The van der Waals surface area contributed by atoms with Gasteiger partial charge in [-0.05, 0) is 48.5 Å². The van der Waals surface area contributed by atoms with E-state index in [0.717, 1.165) is 12.1 Å². The van der Waals surface area contributed by atoms with Crippen LogP contribution in [-0.2, 0) is 6.18 Å². The van der Waals surface area contributed by atoms with Crippen molar-refractivity contribution < 1.29 is 27.2 Å². The number of furan rings is 1. The van der Waals surface area contributed by atoms with Crippen molar-refractivity contribution >= 4 is 17.5 Å². The molecule has 0 fully saturated rings. The Morgan fingerprint density at radius 3 is 2.30 bits per heavy atom. The Morgan fingerprint density at radius 2 is 1.67 bits per heavy atom. The highest BCUT2D eigenvalue weighted by Gasteiger charge is 2.30. The van der Waals surface area contributed by atoms with Crippen molar-refractivity contribution in [1.82, 2.24) is 0 Å². The normalized spacial score (nSPS) is 11.2. The number of primary amides is 1. The van der Waals surface area contributed by atoms with Gasteiger partial charge in [0.1, 0.15) is 5.76 Å². The molecule has 138 valence electrons. The molecule has 27 heavy (non-hydrogen) atoms. The Balaban J connectivity index is 1.77. The van der Waals surface area contributed by atoms with Gasteiger partial charge < -0.3 is 15.5 Å². The highest BCUT2D eigenvalue weighted by molar-refractivity contribution is 6.03. The van der Waals surface area contributed by atoms with E-state index < -0.39 is 23.6 Å². The Bertz CT molecular complexity index is 992. The second kappa shape index (κ2) is 6.99. The largest absolute Gasteiger partial charge is 0.451 e. The minimum Gasteiger partial charge on any atom is -0.451 e. The molecule has 1 aromatic heterocycles. The summed E-state index contributed by atoms with van der Waals surface area (Å²) in [6.07, 6.45) is -4.47. The van der Waals surface area contributed by atoms with E-state index in [1.165, 1.54) is 48.5 Å². The van der Waals surface area contributed by atoms with E-state index in [0.29, 0.717) is 5.69 Å². The first-order valence-electron chi connectivity index (χ1n) is 7.73. The minimum absolute atomic E-state index is 0.0682. The van der Waals surface area contributed by atoms with Crippen molar-refractivity contribution in [1.29, 1.82) is 0 Å². The first-order valence-corrected chi connectivity index (χ1v) is 7.73. The van der Waals surface area contributed by atoms with E-state index in [1.807, 2.05) is 0 Å². The predicted octanol–water partition coefficient (Wildman–Crippen LogP) is 4.32. The van der Waals surface area contributed by atoms with Crippen LogP contribution in [0.5, 0.6) is 0 Å². The Kier molecular flexibility index (Phi) is 4.72. The monoisotopic (exact) mass is 374 g/mol. The molecule has 3 aromatic rings. The molecule has 0 aliphatic carbocycles. The number of nitrogens with two attached hydrogens (primary N) is 1. The molecule has 3 N–H and O–H groups in total. The van der Waals surface area contributed by atoms with Crippen molar-refractivity contribution in [2.45, 2.75) is 6.18 Å². The van der Waals surface area contributed by atoms with Crippen LogP contribution in [0.2, 0.25) is 0 Å². The van der Waals surface area contributed by atoms with Gasteiger partial charge in [-0.25, -0.2) is 0 Å². The van der Waals surface area contributed by atoms with Gasteiger partial charge >= 0.3 is 6.18 Å². The Morgan fingerprint density at radius 1 is 0.963 bits per heavy atom. The number of nitrogens with one attached hydrogen (secondary N) is 1. The summed E-state index contributed by atoms with van der Waals surface area (Å²) in [7, 11) is 0. The molecule has 0 radical (unpaired) electrons. The summed E-state index contributed by atoms with van der Waals surface area (Å²) in [6, 6.07) is 13.3. The second-order valence-electron chi connectivity index (χ2n) is 5.64. The summed E-state index contributed by atoms with van der Waals surface area (Å²) >= 11 is 0. The number of anilines is 1. The fourth-order valence-electron chi connectivity index (χ4n) is 2.37. The summed E-state index contributed by atoms with van der Waals surface area (Å²) in [5.41, 5.74) is 5.23. The average Bonchev–Trinajstić information content (AvgIpc) is 3.12. The summed E-state index contributed by atoms with van der Waals surface area (Å²) in [4.78, 5) is 23.3. The Hall–Kier alpha value is -3.55. The van der Waals surface area contributed by atoms with Gasteiger partial charge in [-0.2, -0.15) is 13.2 Å². The molecule has 0 saturated heterocycles. The Labute approximate surface area is 151 Å². The van der Waals surface area contributed by atoms with Gasteiger partial charge in [0.25, 0.3) is 5.91 Å². The molecule has 0 saturated carbocycles. The summed E-state index contributed by atoms with van der Waals surface area (Å²) < 4.78 is 43.8. The molecule has 0 atom stereocenters. The van der Waals surface area contributed by atoms with Gasteiger partial charge in [-0.15, -0.1) is 0 Å². The zero-order chi connectivity index (χ0) is 19.6. The quantitative estimate of drug-likeness (QED) is 0.713. The fourth-order valence-corrected chi connectivity index (χ4v) is 2.37. The zero-order valence-corrected chi connectivity index (χ0v) is 13.7. The molecule has 0 aliphatic rings. The third-order valence-electron chi connectivity index (χ3n) is 3.73. The number of hydrogen-bond acceptors (Lipinski definition) is 3. The van der Waals surface area contributed by atoms with Crippen LogP contribution in [0.4, 0.5) is 18.9 Å². The molecular weight excluding hydrogens is 361 g/mol. The van der Waals surface area contributed by atoms with Crippen molar-refractivity contribution in [2.24, 2.45) is 5.73 Å². The predicted molar refractivity (Wildman–Crippen MR) is 92.1 cm³/mol. The van der Waals surface area contributed by atoms with Crippen molar-refractivity contribution in [2.75, 3.05) is 5.32 Å². The van der Waals surface area contributed by atoms with E-state index in [1.54, 1.807) is 0 Å². The van der Waals surface area contributed by atoms with Gasteiger partial charge in [-0.1, -0.05) is 12.1 Å². The lowest BCUT2D eigenvalue weighted by Gasteiger charge is -2.07. The lowest BCUT2D eigenvalue weighted by atomic mass is 10.1. The van der Waals surface area contributed by atoms with Crippen LogP contribution in [0.25, 0.3) is 11.3 Å². The molecule has 0 aliphatic heterocycles. The van der Waals surface area contributed by atoms with Crippen molar-refractivity contribution in [3.63, 3.8) is 0 Å². The maximum absolute atomic E-state index is 12.8. The van der Waals surface area contributed by atoms with E-state index in [9.17, 15) is 22.8 Å².